The fraction of sp³-hybridized carbons (Fsp3) is 0.379. The number of benzene rings is 2. The average Bonchev–Trinajstić information content (AvgIpc) is 3.37. The lowest BCUT2D eigenvalue weighted by molar-refractivity contribution is 0.150. The Kier molecular flexibility index (Phi) is 13.1. The Morgan fingerprint density at radius 2 is 1.97 bits per heavy atom. The number of nitrogens with two attached hydrogens (primary N) is 2. The van der Waals surface area contributed by atoms with Gasteiger partial charge in [0.05, 0.1) is 12.8 Å². The molecule has 1 amide bonds. The number of rotatable bonds is 13. The lowest BCUT2D eigenvalue weighted by Crippen LogP contribution is -2.12. The Balaban J connectivity index is 0.000000320. The number of amides is 1. The number of anilines is 1. The van der Waals surface area contributed by atoms with Gasteiger partial charge in [-0.25, -0.2) is 9.78 Å². The van der Waals surface area contributed by atoms with Gasteiger partial charge in [-0.15, -0.1) is 11.3 Å². The maximum atomic E-state index is 10.2. The van der Waals surface area contributed by atoms with Crippen LogP contribution in [0, 0.1) is 0 Å². The summed E-state index contributed by atoms with van der Waals surface area (Å²) in [5.74, 6) is 0.921. The van der Waals surface area contributed by atoms with E-state index in [9.17, 15) is 4.79 Å². The van der Waals surface area contributed by atoms with Gasteiger partial charge >= 0.3 is 6.09 Å². The summed E-state index contributed by atoms with van der Waals surface area (Å²) in [5.41, 5.74) is 10.7. The molecule has 39 heavy (non-hydrogen) atoms. The van der Waals surface area contributed by atoms with E-state index in [1.54, 1.807) is 18.4 Å². The number of carbonyl (C=O) groups excluding carboxylic acids is 1. The van der Waals surface area contributed by atoms with E-state index in [1.165, 1.54) is 46.7 Å². The van der Waals surface area contributed by atoms with E-state index in [0.717, 1.165) is 60.8 Å². The number of unbranched alkanes of at least 4 members (excludes halogenated alkanes) is 2. The highest BCUT2D eigenvalue weighted by atomic mass is 32.2. The number of ether oxygens (including phenoxy) is 2. The number of hydrogen-bond donors (Lipinski definition) is 4. The lowest BCUT2D eigenvalue weighted by atomic mass is 9.93. The Bertz CT molecular complexity index is 1200. The van der Waals surface area contributed by atoms with E-state index < -0.39 is 6.09 Å². The second kappa shape index (κ2) is 16.8. The number of thiazole rings is 1. The molecule has 0 fully saturated rings. The first kappa shape index (κ1) is 30.5. The number of aryl methyl sites for hydroxylation is 2. The number of nitrogens with one attached hydrogen (secondary N) is 2. The number of carbonyl (C=O) groups is 1. The van der Waals surface area contributed by atoms with Crippen LogP contribution < -0.4 is 25.6 Å². The molecule has 1 aliphatic rings. The molecule has 0 saturated carbocycles. The molecule has 1 aromatic heterocycles. The van der Waals surface area contributed by atoms with Gasteiger partial charge in [0.1, 0.15) is 12.4 Å². The molecule has 1 heterocycles. The van der Waals surface area contributed by atoms with Crippen LogP contribution in [0.1, 0.15) is 55.0 Å². The highest BCUT2D eigenvalue weighted by Crippen LogP contribution is 2.39. The second-order valence-corrected chi connectivity index (χ2v) is 10.6. The molecule has 0 atom stereocenters. The van der Waals surface area contributed by atoms with Crippen LogP contribution in [0.4, 0.5) is 9.93 Å². The molecule has 0 aliphatic heterocycles. The Morgan fingerprint density at radius 3 is 2.69 bits per heavy atom. The molecule has 10 heteroatoms. The van der Waals surface area contributed by atoms with E-state index in [2.05, 4.69) is 39.9 Å². The topological polar surface area (TPSA) is 125 Å². The number of allylic oxidation sites excluding steroid dienone is 2. The highest BCUT2D eigenvalue weighted by molar-refractivity contribution is 7.95. The quantitative estimate of drug-likeness (QED) is 0.134. The van der Waals surface area contributed by atoms with Gasteiger partial charge in [0.15, 0.2) is 5.13 Å². The minimum absolute atomic E-state index is 0.246. The van der Waals surface area contributed by atoms with Crippen LogP contribution in [0.25, 0.3) is 11.3 Å². The molecule has 0 saturated heterocycles. The normalized spacial score (nSPS) is 12.0. The summed E-state index contributed by atoms with van der Waals surface area (Å²) < 4.78 is 13.0. The Hall–Kier alpha value is -3.05. The van der Waals surface area contributed by atoms with E-state index in [4.69, 9.17) is 20.6 Å². The van der Waals surface area contributed by atoms with E-state index in [0.29, 0.717) is 0 Å². The van der Waals surface area contributed by atoms with Gasteiger partial charge < -0.3 is 20.5 Å². The molecule has 2 aromatic carbocycles. The maximum absolute atomic E-state index is 10.2. The Labute approximate surface area is 239 Å². The molecule has 3 aromatic rings. The third-order valence-electron chi connectivity index (χ3n) is 6.14. The Morgan fingerprint density at radius 1 is 1.15 bits per heavy atom. The summed E-state index contributed by atoms with van der Waals surface area (Å²) in [6.07, 6.45) is 9.24. The number of primary amides is 1. The van der Waals surface area contributed by atoms with Crippen molar-refractivity contribution in [3.05, 3.63) is 76.3 Å². The van der Waals surface area contributed by atoms with Crippen LogP contribution >= 0.6 is 23.5 Å². The van der Waals surface area contributed by atoms with Crippen LogP contribution in [0.5, 0.6) is 5.75 Å². The van der Waals surface area contributed by atoms with Gasteiger partial charge in [-0.05, 0) is 67.9 Å². The fourth-order valence-electron chi connectivity index (χ4n) is 4.24. The molecule has 0 radical (unpaired) electrons. The first-order chi connectivity index (χ1) is 19.0. The summed E-state index contributed by atoms with van der Waals surface area (Å²) in [6, 6.07) is 15.7. The number of hydrogen-bond acceptors (Lipinski definition) is 9. The van der Waals surface area contributed by atoms with Crippen molar-refractivity contribution >= 4 is 34.7 Å². The van der Waals surface area contributed by atoms with Crippen molar-refractivity contribution in [2.75, 3.05) is 19.0 Å². The predicted molar refractivity (Wildman–Crippen MR) is 163 cm³/mol. The fourth-order valence-corrected chi connectivity index (χ4v) is 5.52. The van der Waals surface area contributed by atoms with Crippen LogP contribution in [-0.4, -0.2) is 24.7 Å². The van der Waals surface area contributed by atoms with E-state index in [1.807, 2.05) is 36.4 Å². The first-order valence-corrected chi connectivity index (χ1v) is 14.9. The molecule has 8 nitrogen and oxygen atoms in total. The standard InChI is InChI=1S/C21H30N4OS2.C8H9NO2/c1-3-7-16(8-5-4-6-13-23-28-22)24-21-25-20-18-11-10-17(26-2)14-15(18)9-12-19(20)27-21;9-8(10)11-6-7-4-2-1-3-5-7/h7,10-11,14,23H,3-6,8-9,12-13,22H2,1-2H3,(H,24,25);1-5H,6H2,(H2,9,10)/b16-7-;. The minimum Gasteiger partial charge on any atom is -0.497 e. The molecule has 0 unspecified atom stereocenters. The molecule has 0 bridgehead atoms. The minimum atomic E-state index is -0.742. The summed E-state index contributed by atoms with van der Waals surface area (Å²) >= 11 is 2.99. The van der Waals surface area contributed by atoms with Crippen molar-refractivity contribution < 1.29 is 14.3 Å². The van der Waals surface area contributed by atoms with E-state index >= 15 is 0 Å². The average molecular weight is 570 g/mol. The molecule has 0 spiro atoms. The smallest absolute Gasteiger partial charge is 0.404 e. The van der Waals surface area contributed by atoms with Crippen LogP contribution in [0.2, 0.25) is 0 Å². The maximum Gasteiger partial charge on any atom is 0.404 e. The summed E-state index contributed by atoms with van der Waals surface area (Å²) in [7, 11) is 1.72. The zero-order valence-corrected chi connectivity index (χ0v) is 24.3. The summed E-state index contributed by atoms with van der Waals surface area (Å²) in [4.78, 5) is 16.5. The highest BCUT2D eigenvalue weighted by Gasteiger charge is 2.21. The zero-order chi connectivity index (χ0) is 27.9. The summed E-state index contributed by atoms with van der Waals surface area (Å²) in [6.45, 7) is 3.39. The van der Waals surface area contributed by atoms with Gasteiger partial charge in [0.2, 0.25) is 0 Å². The predicted octanol–water partition coefficient (Wildman–Crippen LogP) is 6.58. The SMILES string of the molecule is CC/C=C(/CCCCCNSN)Nc1nc2c(s1)CCc1cc(OC)ccc1-2.NC(=O)OCc1ccccc1. The van der Waals surface area contributed by atoms with Crippen LogP contribution in [0.15, 0.2) is 60.3 Å². The van der Waals surface area contributed by atoms with Crippen LogP contribution in [-0.2, 0) is 24.2 Å². The van der Waals surface area contributed by atoms with Crippen molar-refractivity contribution in [1.82, 2.24) is 9.71 Å². The zero-order valence-electron chi connectivity index (χ0n) is 22.7. The third kappa shape index (κ3) is 10.2. The first-order valence-electron chi connectivity index (χ1n) is 13.2. The monoisotopic (exact) mass is 569 g/mol. The van der Waals surface area contributed by atoms with Gasteiger partial charge in [0, 0.05) is 34.8 Å². The van der Waals surface area contributed by atoms with Crippen LogP contribution in [0.3, 0.4) is 0 Å². The lowest BCUT2D eigenvalue weighted by Gasteiger charge is -2.15. The molecule has 210 valence electrons. The van der Waals surface area contributed by atoms with Gasteiger partial charge in [-0.2, -0.15) is 0 Å². The molecule has 4 rings (SSSR count). The number of nitrogens with zero attached hydrogens (tertiary/aromatic N) is 1. The van der Waals surface area contributed by atoms with E-state index in [-0.39, 0.29) is 6.61 Å². The van der Waals surface area contributed by atoms with Crippen molar-refractivity contribution in [2.45, 2.75) is 58.5 Å². The van der Waals surface area contributed by atoms with Crippen molar-refractivity contribution in [1.29, 1.82) is 0 Å². The number of methoxy groups -OCH3 is 1. The van der Waals surface area contributed by atoms with Gasteiger partial charge in [-0.3, -0.25) is 9.86 Å². The second-order valence-electron chi connectivity index (χ2n) is 8.99. The van der Waals surface area contributed by atoms with Gasteiger partial charge in [-0.1, -0.05) is 49.8 Å². The van der Waals surface area contributed by atoms with Crippen molar-refractivity contribution in [2.24, 2.45) is 10.9 Å². The molecule has 1 aliphatic carbocycles. The molecular weight excluding hydrogens is 530 g/mol. The van der Waals surface area contributed by atoms with Gasteiger partial charge in [0.25, 0.3) is 0 Å². The number of aromatic nitrogens is 1. The third-order valence-corrected chi connectivity index (χ3v) is 7.54. The molecule has 6 N–H and O–H groups in total. The van der Waals surface area contributed by atoms with Crippen molar-refractivity contribution in [3.8, 4) is 17.0 Å². The van der Waals surface area contributed by atoms with Crippen molar-refractivity contribution in [3.63, 3.8) is 0 Å². The largest absolute Gasteiger partial charge is 0.497 e. The summed E-state index contributed by atoms with van der Waals surface area (Å²) in [5, 5.41) is 9.98. The number of fused-ring (bicyclic) bond motifs is 3. The molecular formula is C29H39N5O3S2.